The van der Waals surface area contributed by atoms with E-state index in [1.807, 2.05) is 20.8 Å². The van der Waals surface area contributed by atoms with Crippen LogP contribution in [0.1, 0.15) is 26.3 Å². The normalized spacial score (nSPS) is 13.2. The zero-order valence-electron chi connectivity index (χ0n) is 12.1. The minimum absolute atomic E-state index is 0.0237. The number of halogens is 1. The Bertz CT molecular complexity index is 449. The van der Waals surface area contributed by atoms with E-state index in [4.69, 9.17) is 21.1 Å². The van der Waals surface area contributed by atoms with Crippen LogP contribution >= 0.6 is 11.6 Å². The predicted octanol–water partition coefficient (Wildman–Crippen LogP) is 3.52. The van der Waals surface area contributed by atoms with Crippen molar-refractivity contribution in [3.8, 4) is 5.75 Å². The van der Waals surface area contributed by atoms with Gasteiger partial charge in [-0.25, -0.2) is 0 Å². The predicted molar refractivity (Wildman–Crippen MR) is 77.0 cm³/mol. The number of ether oxygens (including phenoxy) is 2. The minimum atomic E-state index is -0.448. The highest BCUT2D eigenvalue weighted by Gasteiger charge is 2.31. The molecule has 1 unspecified atom stereocenters. The molecule has 3 nitrogen and oxygen atoms in total. The maximum atomic E-state index is 12.3. The minimum Gasteiger partial charge on any atom is -0.496 e. The first-order valence-electron chi connectivity index (χ1n) is 6.17. The Morgan fingerprint density at radius 3 is 2.42 bits per heavy atom. The molecule has 19 heavy (non-hydrogen) atoms. The van der Waals surface area contributed by atoms with Crippen LogP contribution < -0.4 is 4.74 Å². The van der Waals surface area contributed by atoms with Crippen molar-refractivity contribution in [3.63, 3.8) is 0 Å². The first-order chi connectivity index (χ1) is 8.79. The molecule has 106 valence electrons. The molecule has 0 saturated carbocycles. The van der Waals surface area contributed by atoms with Gasteiger partial charge in [0.1, 0.15) is 11.9 Å². The third-order valence-corrected chi connectivity index (χ3v) is 3.16. The number of rotatable bonds is 5. The van der Waals surface area contributed by atoms with Gasteiger partial charge in [-0.1, -0.05) is 32.4 Å². The molecule has 1 atom stereocenters. The third-order valence-electron chi connectivity index (χ3n) is 2.92. The second-order valence-electron chi connectivity index (χ2n) is 5.58. The van der Waals surface area contributed by atoms with Gasteiger partial charge in [0.2, 0.25) is 0 Å². The van der Waals surface area contributed by atoms with E-state index < -0.39 is 6.10 Å². The lowest BCUT2D eigenvalue weighted by Crippen LogP contribution is -2.37. The van der Waals surface area contributed by atoms with Crippen molar-refractivity contribution in [2.75, 3.05) is 14.2 Å². The van der Waals surface area contributed by atoms with Gasteiger partial charge in [0.05, 0.1) is 7.11 Å². The second kappa shape index (κ2) is 6.40. The molecule has 0 fully saturated rings. The highest BCUT2D eigenvalue weighted by Crippen LogP contribution is 2.27. The highest BCUT2D eigenvalue weighted by molar-refractivity contribution is 6.30. The van der Waals surface area contributed by atoms with Gasteiger partial charge in [0.15, 0.2) is 5.78 Å². The van der Waals surface area contributed by atoms with Gasteiger partial charge in [-0.05, 0) is 23.6 Å². The second-order valence-corrected chi connectivity index (χ2v) is 6.02. The van der Waals surface area contributed by atoms with E-state index >= 15 is 0 Å². The van der Waals surface area contributed by atoms with E-state index in [0.29, 0.717) is 10.8 Å². The molecule has 0 heterocycles. The molecule has 0 radical (unpaired) electrons. The molecule has 1 aromatic rings. The van der Waals surface area contributed by atoms with Crippen molar-refractivity contribution >= 4 is 17.4 Å². The summed E-state index contributed by atoms with van der Waals surface area (Å²) in [4.78, 5) is 12.3. The highest BCUT2D eigenvalue weighted by atomic mass is 35.5. The summed E-state index contributed by atoms with van der Waals surface area (Å²) in [7, 11) is 3.14. The maximum absolute atomic E-state index is 12.3. The first kappa shape index (κ1) is 16.0. The molecule has 0 aromatic heterocycles. The van der Waals surface area contributed by atoms with Crippen LogP contribution in [0.3, 0.4) is 0 Å². The van der Waals surface area contributed by atoms with Crippen molar-refractivity contribution in [2.45, 2.75) is 33.3 Å². The van der Waals surface area contributed by atoms with Crippen LogP contribution in [0.15, 0.2) is 18.2 Å². The van der Waals surface area contributed by atoms with Crippen molar-refractivity contribution in [1.82, 2.24) is 0 Å². The van der Waals surface area contributed by atoms with Crippen LogP contribution in [0, 0.1) is 5.41 Å². The fourth-order valence-corrected chi connectivity index (χ4v) is 2.33. The average Bonchev–Trinajstić information content (AvgIpc) is 2.28. The fourth-order valence-electron chi connectivity index (χ4n) is 2.13. The molecule has 0 N–H and O–H groups in total. The Morgan fingerprint density at radius 2 is 1.95 bits per heavy atom. The van der Waals surface area contributed by atoms with E-state index in [1.165, 1.54) is 0 Å². The van der Waals surface area contributed by atoms with Gasteiger partial charge >= 0.3 is 0 Å². The monoisotopic (exact) mass is 284 g/mol. The van der Waals surface area contributed by atoms with Crippen molar-refractivity contribution < 1.29 is 14.3 Å². The Labute approximate surface area is 119 Å². The molecule has 1 rings (SSSR count). The van der Waals surface area contributed by atoms with Crippen LogP contribution in [0.2, 0.25) is 5.02 Å². The molecular weight excluding hydrogens is 264 g/mol. The smallest absolute Gasteiger partial charge is 0.166 e. The van der Waals surface area contributed by atoms with Gasteiger partial charge < -0.3 is 9.47 Å². The van der Waals surface area contributed by atoms with Gasteiger partial charge in [-0.3, -0.25) is 4.79 Å². The van der Waals surface area contributed by atoms with Crippen LogP contribution in [0.25, 0.3) is 0 Å². The topological polar surface area (TPSA) is 35.5 Å². The molecule has 4 heteroatoms. The molecular formula is C15H21ClO3. The number of ketones is 1. The van der Waals surface area contributed by atoms with Crippen molar-refractivity contribution in [1.29, 1.82) is 0 Å². The molecule has 0 bridgehead atoms. The van der Waals surface area contributed by atoms with Crippen LogP contribution in [-0.4, -0.2) is 26.1 Å². The molecule has 0 saturated heterocycles. The zero-order valence-corrected chi connectivity index (χ0v) is 12.9. The van der Waals surface area contributed by atoms with Gasteiger partial charge in [-0.2, -0.15) is 0 Å². The molecule has 0 aliphatic carbocycles. The lowest BCUT2D eigenvalue weighted by atomic mass is 9.84. The van der Waals surface area contributed by atoms with E-state index in [-0.39, 0.29) is 17.6 Å². The summed E-state index contributed by atoms with van der Waals surface area (Å²) >= 11 is 5.96. The standard InChI is InChI=1S/C15H21ClO3/c1-15(2,3)14(19-5)12(17)9-10-8-11(16)6-7-13(10)18-4/h6-8,14H,9H2,1-5H3. The summed E-state index contributed by atoms with van der Waals surface area (Å²) in [5, 5.41) is 0.591. The summed E-state index contributed by atoms with van der Waals surface area (Å²) in [5.41, 5.74) is 0.545. The summed E-state index contributed by atoms with van der Waals surface area (Å²) in [6, 6.07) is 5.27. The SMILES string of the molecule is COc1ccc(Cl)cc1CC(=O)C(OC)C(C)(C)C. The van der Waals surface area contributed by atoms with Crippen LogP contribution in [0.5, 0.6) is 5.75 Å². The Kier molecular flexibility index (Phi) is 5.39. The lowest BCUT2D eigenvalue weighted by Gasteiger charge is -2.28. The summed E-state index contributed by atoms with van der Waals surface area (Å²) < 4.78 is 10.6. The lowest BCUT2D eigenvalue weighted by molar-refractivity contribution is -0.134. The van der Waals surface area contributed by atoms with Crippen LogP contribution in [0.4, 0.5) is 0 Å². The van der Waals surface area contributed by atoms with Crippen LogP contribution in [-0.2, 0) is 16.0 Å². The van der Waals surface area contributed by atoms with Gasteiger partial charge in [0, 0.05) is 24.1 Å². The fraction of sp³-hybridized carbons (Fsp3) is 0.533. The summed E-state index contributed by atoms with van der Waals surface area (Å²) in [5.74, 6) is 0.692. The number of Topliss-reactive ketones (excluding diaryl/α,β-unsaturated/α-hetero) is 1. The van der Waals surface area contributed by atoms with Crippen molar-refractivity contribution in [2.24, 2.45) is 5.41 Å². The maximum Gasteiger partial charge on any atom is 0.166 e. The van der Waals surface area contributed by atoms with E-state index in [0.717, 1.165) is 5.56 Å². The zero-order chi connectivity index (χ0) is 14.6. The number of methoxy groups -OCH3 is 2. The quantitative estimate of drug-likeness (QED) is 0.830. The largest absolute Gasteiger partial charge is 0.496 e. The Morgan fingerprint density at radius 1 is 1.32 bits per heavy atom. The molecule has 0 spiro atoms. The molecule has 0 aliphatic heterocycles. The molecule has 1 aromatic carbocycles. The Balaban J connectivity index is 2.96. The Hall–Kier alpha value is -1.06. The first-order valence-corrected chi connectivity index (χ1v) is 6.55. The van der Waals surface area contributed by atoms with Gasteiger partial charge in [-0.15, -0.1) is 0 Å². The summed E-state index contributed by atoms with van der Waals surface area (Å²) in [6.07, 6.45) is -0.198. The van der Waals surface area contributed by atoms with E-state index in [1.54, 1.807) is 32.4 Å². The number of carbonyl (C=O) groups is 1. The van der Waals surface area contributed by atoms with E-state index in [9.17, 15) is 4.79 Å². The molecule has 0 aliphatic rings. The number of hydrogen-bond donors (Lipinski definition) is 0. The van der Waals surface area contributed by atoms with Gasteiger partial charge in [0.25, 0.3) is 0 Å². The average molecular weight is 285 g/mol. The number of benzene rings is 1. The van der Waals surface area contributed by atoms with E-state index in [2.05, 4.69) is 0 Å². The molecule has 0 amide bonds. The third kappa shape index (κ3) is 4.22. The number of hydrogen-bond acceptors (Lipinski definition) is 3. The number of carbonyl (C=O) groups excluding carboxylic acids is 1. The summed E-state index contributed by atoms with van der Waals surface area (Å²) in [6.45, 7) is 5.94. The van der Waals surface area contributed by atoms with Crippen molar-refractivity contribution in [3.05, 3.63) is 28.8 Å².